The lowest BCUT2D eigenvalue weighted by Gasteiger charge is -2.28. The second kappa shape index (κ2) is 11.1. The predicted octanol–water partition coefficient (Wildman–Crippen LogP) is 5.81. The zero-order valence-corrected chi connectivity index (χ0v) is 22.2. The number of fused-ring (bicyclic) bond motifs is 1. The third kappa shape index (κ3) is 5.43. The van der Waals surface area contributed by atoms with E-state index in [1.807, 2.05) is 80.5 Å². The molecule has 38 heavy (non-hydrogen) atoms. The number of esters is 1. The number of carbonyl (C=O) groups excluding carboxylic acids is 1. The summed E-state index contributed by atoms with van der Waals surface area (Å²) in [5.74, 6) is 0.209. The largest absolute Gasteiger partial charge is 0.457 e. The van der Waals surface area contributed by atoms with Crippen LogP contribution in [-0.2, 0) is 21.9 Å². The fraction of sp³-hybridized carbons (Fsp3) is 0.207. The van der Waals surface area contributed by atoms with Gasteiger partial charge in [-0.2, -0.15) is 4.98 Å². The third-order valence-electron chi connectivity index (χ3n) is 6.31. The Morgan fingerprint density at radius 2 is 1.76 bits per heavy atom. The predicted molar refractivity (Wildman–Crippen MR) is 147 cm³/mol. The Bertz CT molecular complexity index is 1470. The summed E-state index contributed by atoms with van der Waals surface area (Å²) in [7, 11) is 3.95. The van der Waals surface area contributed by atoms with Gasteiger partial charge >= 0.3 is 5.97 Å². The van der Waals surface area contributed by atoms with Gasteiger partial charge in [-0.1, -0.05) is 72.4 Å². The van der Waals surface area contributed by atoms with Crippen molar-refractivity contribution in [1.82, 2.24) is 14.8 Å². The topological polar surface area (TPSA) is 72.3 Å². The Labute approximate surface area is 225 Å². The second-order valence-electron chi connectivity index (χ2n) is 9.16. The van der Waals surface area contributed by atoms with Crippen LogP contribution in [0, 0.1) is 5.82 Å². The van der Waals surface area contributed by atoms with E-state index in [1.54, 1.807) is 22.9 Å². The van der Waals surface area contributed by atoms with Gasteiger partial charge in [0.1, 0.15) is 18.5 Å². The van der Waals surface area contributed by atoms with Crippen molar-refractivity contribution in [2.75, 3.05) is 24.3 Å². The zero-order chi connectivity index (χ0) is 26.6. The van der Waals surface area contributed by atoms with Gasteiger partial charge in [0.25, 0.3) is 0 Å². The van der Waals surface area contributed by atoms with Gasteiger partial charge in [-0.25, -0.2) is 13.9 Å². The molecule has 0 amide bonds. The van der Waals surface area contributed by atoms with Crippen molar-refractivity contribution in [3.05, 3.63) is 113 Å². The summed E-state index contributed by atoms with van der Waals surface area (Å²) in [6, 6.07) is 23.7. The minimum atomic E-state index is -0.541. The Morgan fingerprint density at radius 1 is 1.05 bits per heavy atom. The molecule has 1 aliphatic heterocycles. The summed E-state index contributed by atoms with van der Waals surface area (Å²) < 4.78 is 21.6. The fourth-order valence-electron chi connectivity index (χ4n) is 4.28. The van der Waals surface area contributed by atoms with E-state index >= 15 is 0 Å². The molecule has 1 aliphatic rings. The van der Waals surface area contributed by atoms with Crippen LogP contribution in [0.1, 0.15) is 29.7 Å². The first-order valence-electron chi connectivity index (χ1n) is 12.2. The average molecular weight is 530 g/mol. The fourth-order valence-corrected chi connectivity index (χ4v) is 5.09. The SMILES string of the molecule is CC1=C(C(=O)OCc2ccccc2)C(c2ccc(N(C)C)cc2)n2nc(SCc3ccccc3F)nc2N1. The van der Waals surface area contributed by atoms with Gasteiger partial charge in [0.2, 0.25) is 11.1 Å². The molecular weight excluding hydrogens is 501 g/mol. The number of nitrogens with one attached hydrogen (secondary N) is 1. The highest BCUT2D eigenvalue weighted by Crippen LogP contribution is 2.37. The Morgan fingerprint density at radius 3 is 2.47 bits per heavy atom. The molecule has 1 aromatic heterocycles. The Balaban J connectivity index is 1.46. The van der Waals surface area contributed by atoms with Crippen LogP contribution in [-0.4, -0.2) is 34.8 Å². The monoisotopic (exact) mass is 529 g/mol. The number of halogens is 1. The first-order chi connectivity index (χ1) is 18.4. The van der Waals surface area contributed by atoms with Crippen molar-refractivity contribution >= 4 is 29.4 Å². The van der Waals surface area contributed by atoms with Crippen molar-refractivity contribution in [2.45, 2.75) is 30.5 Å². The molecule has 9 heteroatoms. The minimum absolute atomic E-state index is 0.163. The summed E-state index contributed by atoms with van der Waals surface area (Å²) in [6.07, 6.45) is 0. The molecule has 194 valence electrons. The highest BCUT2D eigenvalue weighted by molar-refractivity contribution is 7.98. The molecule has 2 heterocycles. The van der Waals surface area contributed by atoms with E-state index in [0.29, 0.717) is 33.7 Å². The van der Waals surface area contributed by atoms with Crippen molar-refractivity contribution < 1.29 is 13.9 Å². The number of carbonyl (C=O) groups is 1. The summed E-state index contributed by atoms with van der Waals surface area (Å²) in [5, 5.41) is 8.43. The van der Waals surface area contributed by atoms with Crippen molar-refractivity contribution in [1.29, 1.82) is 0 Å². The molecule has 3 aromatic carbocycles. The van der Waals surface area contributed by atoms with Gasteiger partial charge in [0.05, 0.1) is 5.57 Å². The van der Waals surface area contributed by atoms with E-state index in [2.05, 4.69) is 10.3 Å². The van der Waals surface area contributed by atoms with Crippen LogP contribution in [0.3, 0.4) is 0 Å². The number of hydrogen-bond donors (Lipinski definition) is 1. The van der Waals surface area contributed by atoms with Crippen LogP contribution in [0.15, 0.2) is 95.3 Å². The van der Waals surface area contributed by atoms with E-state index in [4.69, 9.17) is 9.84 Å². The molecule has 0 saturated heterocycles. The standard InChI is InChI=1S/C29H28FN5O2S/c1-19-25(27(36)37-17-20-9-5-4-6-10-20)26(21-13-15-23(16-14-21)34(2)3)35-28(31-19)32-29(33-35)38-18-22-11-7-8-12-24(22)30/h4-16,26H,17-18H2,1-3H3,(H,31,32,33). The van der Waals surface area contributed by atoms with Crippen molar-refractivity contribution in [3.63, 3.8) is 0 Å². The van der Waals surface area contributed by atoms with Gasteiger partial charge in [-0.15, -0.1) is 5.10 Å². The van der Waals surface area contributed by atoms with E-state index < -0.39 is 12.0 Å². The number of ether oxygens (including phenoxy) is 1. The number of hydrogen-bond acceptors (Lipinski definition) is 7. The molecule has 5 rings (SSSR count). The highest BCUT2D eigenvalue weighted by atomic mass is 32.2. The molecule has 0 aliphatic carbocycles. The third-order valence-corrected chi connectivity index (χ3v) is 7.19. The van der Waals surface area contributed by atoms with E-state index in [1.165, 1.54) is 17.8 Å². The number of allylic oxidation sites excluding steroid dienone is 1. The van der Waals surface area contributed by atoms with E-state index in [9.17, 15) is 9.18 Å². The van der Waals surface area contributed by atoms with E-state index in [0.717, 1.165) is 16.8 Å². The zero-order valence-electron chi connectivity index (χ0n) is 21.4. The normalized spacial score (nSPS) is 14.6. The van der Waals surface area contributed by atoms with Gasteiger partial charge < -0.3 is 15.0 Å². The Hall–Kier alpha value is -4.11. The first kappa shape index (κ1) is 25.5. The number of thioether (sulfide) groups is 1. The van der Waals surface area contributed by atoms with Crippen molar-refractivity contribution in [3.8, 4) is 0 Å². The number of rotatable bonds is 8. The first-order valence-corrected chi connectivity index (χ1v) is 13.2. The molecular formula is C29H28FN5O2S. The second-order valence-corrected chi connectivity index (χ2v) is 10.1. The van der Waals surface area contributed by atoms with Crippen LogP contribution < -0.4 is 10.2 Å². The molecule has 1 N–H and O–H groups in total. The summed E-state index contributed by atoms with van der Waals surface area (Å²) >= 11 is 1.34. The number of anilines is 2. The molecule has 7 nitrogen and oxygen atoms in total. The highest BCUT2D eigenvalue weighted by Gasteiger charge is 2.35. The number of nitrogens with zero attached hydrogens (tertiary/aromatic N) is 4. The molecule has 0 bridgehead atoms. The van der Waals surface area contributed by atoms with Gasteiger partial charge in [0, 0.05) is 31.2 Å². The molecule has 1 unspecified atom stereocenters. The quantitative estimate of drug-likeness (QED) is 0.228. The van der Waals surface area contributed by atoms with Crippen molar-refractivity contribution in [2.24, 2.45) is 0 Å². The van der Waals surface area contributed by atoms with Crippen LogP contribution in [0.5, 0.6) is 0 Å². The van der Waals surface area contributed by atoms with Gasteiger partial charge in [-0.3, -0.25) is 0 Å². The van der Waals surface area contributed by atoms with Crippen LogP contribution in [0.25, 0.3) is 0 Å². The molecule has 0 fully saturated rings. The maximum atomic E-state index is 14.1. The smallest absolute Gasteiger partial charge is 0.338 e. The maximum Gasteiger partial charge on any atom is 0.338 e. The van der Waals surface area contributed by atoms with Gasteiger partial charge in [0.15, 0.2) is 0 Å². The molecule has 4 aromatic rings. The van der Waals surface area contributed by atoms with Crippen LogP contribution in [0.4, 0.5) is 16.0 Å². The van der Waals surface area contributed by atoms with Crippen LogP contribution in [0.2, 0.25) is 0 Å². The molecule has 0 saturated carbocycles. The summed E-state index contributed by atoms with van der Waals surface area (Å²) in [5.41, 5.74) is 4.50. The molecule has 0 radical (unpaired) electrons. The van der Waals surface area contributed by atoms with Crippen LogP contribution >= 0.6 is 11.8 Å². The summed E-state index contributed by atoms with van der Waals surface area (Å²) in [4.78, 5) is 20.1. The summed E-state index contributed by atoms with van der Waals surface area (Å²) in [6.45, 7) is 2.00. The lowest BCUT2D eigenvalue weighted by Crippen LogP contribution is -2.29. The number of benzene rings is 3. The average Bonchev–Trinajstić information content (AvgIpc) is 3.33. The lowest BCUT2D eigenvalue weighted by molar-refractivity contribution is -0.140. The molecule has 1 atom stereocenters. The molecule has 0 spiro atoms. The minimum Gasteiger partial charge on any atom is -0.457 e. The maximum absolute atomic E-state index is 14.1. The number of aromatic nitrogens is 3. The Kier molecular flexibility index (Phi) is 7.46. The van der Waals surface area contributed by atoms with E-state index in [-0.39, 0.29) is 12.4 Å². The lowest BCUT2D eigenvalue weighted by atomic mass is 9.95. The van der Waals surface area contributed by atoms with Gasteiger partial charge in [-0.05, 0) is 41.8 Å².